The van der Waals surface area contributed by atoms with Crippen LogP contribution in [-0.2, 0) is 8.85 Å². The molecule has 70 valence electrons. The topological polar surface area (TPSA) is 18.5 Å². The van der Waals surface area contributed by atoms with Crippen molar-refractivity contribution in [3.63, 3.8) is 0 Å². The zero-order valence-corrected chi connectivity index (χ0v) is 11.5. The molecule has 0 radical (unpaired) electrons. The van der Waals surface area contributed by atoms with Crippen LogP contribution in [0.2, 0.25) is 0 Å². The molecule has 0 heterocycles. The Labute approximate surface area is 95.0 Å². The van der Waals surface area contributed by atoms with E-state index in [1.165, 1.54) is 0 Å². The summed E-state index contributed by atoms with van der Waals surface area (Å²) in [6, 6.07) is 0. The first-order chi connectivity index (χ1) is 4.52. The van der Waals surface area contributed by atoms with Crippen LogP contribution in [0.4, 0.5) is 0 Å². The third-order valence-electron chi connectivity index (χ3n) is 0.848. The van der Waals surface area contributed by atoms with Crippen LogP contribution in [0.1, 0.15) is 27.7 Å². The molecule has 0 spiro atoms. The molecule has 0 aliphatic carbocycles. The molecular formula is C8H20MgO2Si. The van der Waals surface area contributed by atoms with Crippen molar-refractivity contribution in [1.82, 2.24) is 0 Å². The van der Waals surface area contributed by atoms with E-state index in [9.17, 15) is 0 Å². The Balaban J connectivity index is -0.000000405. The second-order valence-corrected chi connectivity index (χ2v) is 4.20. The van der Waals surface area contributed by atoms with E-state index in [1.807, 2.05) is 27.7 Å². The Kier molecular flexibility index (Phi) is 15.5. The third kappa shape index (κ3) is 13.5. The monoisotopic (exact) mass is 200 g/mol. The molecule has 0 saturated carbocycles. The molecule has 12 heavy (non-hydrogen) atoms. The fraction of sp³-hybridized carbons (Fsp3) is 0.750. The van der Waals surface area contributed by atoms with Gasteiger partial charge >= 0.3 is 23.1 Å². The summed E-state index contributed by atoms with van der Waals surface area (Å²) in [5.41, 5.74) is 0. The van der Waals surface area contributed by atoms with Crippen molar-refractivity contribution in [3.05, 3.63) is 14.0 Å². The summed E-state index contributed by atoms with van der Waals surface area (Å²) in [5, 5.41) is 0. The van der Waals surface area contributed by atoms with Crippen LogP contribution in [0.5, 0.6) is 0 Å². The molecule has 0 N–H and O–H groups in total. The zero-order valence-electron chi connectivity index (χ0n) is 8.96. The Morgan fingerprint density at radius 2 is 1.25 bits per heavy atom. The third-order valence-corrected chi connectivity index (χ3v) is 2.54. The van der Waals surface area contributed by atoms with Gasteiger partial charge in [0.1, 0.15) is 0 Å². The van der Waals surface area contributed by atoms with Gasteiger partial charge in [0.2, 0.25) is 0 Å². The number of hydrogen-bond acceptors (Lipinski definition) is 2. The summed E-state index contributed by atoms with van der Waals surface area (Å²) < 4.78 is 10.7. The largest absolute Gasteiger partial charge is 2.00 e. The van der Waals surface area contributed by atoms with E-state index in [4.69, 9.17) is 8.85 Å². The maximum atomic E-state index is 5.37. The predicted molar refractivity (Wildman–Crippen MR) is 57.1 cm³/mol. The molecular weight excluding hydrogens is 180 g/mol. The van der Waals surface area contributed by atoms with Crippen molar-refractivity contribution in [2.75, 3.05) is 0 Å². The second kappa shape index (κ2) is 9.99. The van der Waals surface area contributed by atoms with Crippen molar-refractivity contribution in [1.29, 1.82) is 0 Å². The molecule has 2 nitrogen and oxygen atoms in total. The molecule has 0 aromatic carbocycles. The van der Waals surface area contributed by atoms with Crippen molar-refractivity contribution < 1.29 is 8.85 Å². The zero-order chi connectivity index (χ0) is 8.15. The van der Waals surface area contributed by atoms with Gasteiger partial charge in [-0.25, -0.2) is 0 Å². The van der Waals surface area contributed by atoms with Crippen LogP contribution in [-0.4, -0.2) is 44.5 Å². The molecule has 0 amide bonds. The van der Waals surface area contributed by atoms with Gasteiger partial charge in [0.15, 0.2) is 9.28 Å². The summed E-state index contributed by atoms with van der Waals surface area (Å²) in [6.45, 7) is 11.8. The molecule has 0 atom stereocenters. The molecule has 0 unspecified atom stereocenters. The summed E-state index contributed by atoms with van der Waals surface area (Å²) in [5.74, 6) is 0. The van der Waals surface area contributed by atoms with Crippen LogP contribution in [0, 0.1) is 14.0 Å². The molecule has 0 rings (SSSR count). The van der Waals surface area contributed by atoms with Gasteiger partial charge < -0.3 is 16.3 Å². The summed E-state index contributed by atoms with van der Waals surface area (Å²) >= 11 is 0. The number of rotatable bonds is 4. The first-order valence-electron chi connectivity index (χ1n) is 3.66. The van der Waals surface area contributed by atoms with Gasteiger partial charge in [-0.15, -0.1) is 0 Å². The van der Waals surface area contributed by atoms with Gasteiger partial charge in [0.05, 0.1) is 0 Å². The average Bonchev–Trinajstić information content (AvgIpc) is 1.58. The molecule has 0 aliphatic rings. The van der Waals surface area contributed by atoms with E-state index in [0.29, 0.717) is 0 Å². The maximum absolute atomic E-state index is 5.37. The molecule has 0 aromatic heterocycles. The Morgan fingerprint density at radius 3 is 1.42 bits per heavy atom. The normalized spacial score (nSPS) is 10.0. The van der Waals surface area contributed by atoms with E-state index < -0.39 is 9.28 Å². The second-order valence-electron chi connectivity index (χ2n) is 2.80. The van der Waals surface area contributed by atoms with E-state index >= 15 is 0 Å². The summed E-state index contributed by atoms with van der Waals surface area (Å²) in [4.78, 5) is 0. The van der Waals surface area contributed by atoms with Crippen LogP contribution >= 0.6 is 0 Å². The smallest absolute Gasteiger partial charge is 0.418 e. The number of hydrogen-bond donors (Lipinski definition) is 0. The Hall–Kier alpha value is 0.903. The van der Waals surface area contributed by atoms with E-state index in [0.717, 1.165) is 0 Å². The van der Waals surface area contributed by atoms with Gasteiger partial charge in [-0.2, -0.15) is 0 Å². The van der Waals surface area contributed by atoms with Gasteiger partial charge in [-0.05, 0) is 27.7 Å². The first kappa shape index (κ1) is 18.6. The first-order valence-corrected chi connectivity index (χ1v) is 5.42. The van der Waals surface area contributed by atoms with Gasteiger partial charge in [-0.3, -0.25) is 6.55 Å². The van der Waals surface area contributed by atoms with Crippen LogP contribution in [0.25, 0.3) is 0 Å². The fourth-order valence-electron chi connectivity index (χ4n) is 0.639. The van der Waals surface area contributed by atoms with Crippen LogP contribution in [0.3, 0.4) is 0 Å². The van der Waals surface area contributed by atoms with Crippen molar-refractivity contribution in [2.24, 2.45) is 0 Å². The quantitative estimate of drug-likeness (QED) is 0.506. The summed E-state index contributed by atoms with van der Waals surface area (Å²) in [7, 11) is -1.57. The van der Waals surface area contributed by atoms with E-state index in [1.54, 1.807) is 0 Å². The molecule has 4 heteroatoms. The van der Waals surface area contributed by atoms with Gasteiger partial charge in [0, 0.05) is 12.2 Å². The average molecular weight is 201 g/mol. The standard InChI is InChI=1S/C7H17O2Si.CH3.Mg/c1-6(2)8-10(5)9-7(3)4;;/h6-7,10H,5H2,1-4H3;1H3;/q2*-1;+2. The predicted octanol–water partition coefficient (Wildman–Crippen LogP) is 1.50. The van der Waals surface area contributed by atoms with Crippen molar-refractivity contribution in [3.8, 4) is 0 Å². The van der Waals surface area contributed by atoms with Crippen molar-refractivity contribution in [2.45, 2.75) is 39.9 Å². The molecule has 0 bridgehead atoms. The summed E-state index contributed by atoms with van der Waals surface area (Å²) in [6.07, 6.45) is 0.487. The van der Waals surface area contributed by atoms with Gasteiger partial charge in [-0.1, -0.05) is 0 Å². The van der Waals surface area contributed by atoms with Crippen LogP contribution in [0.15, 0.2) is 0 Å². The minimum Gasteiger partial charge on any atom is -0.418 e. The Morgan fingerprint density at radius 1 is 1.00 bits per heavy atom. The minimum atomic E-state index is -1.57. The molecule has 0 saturated heterocycles. The molecule has 0 fully saturated rings. The molecule has 0 aliphatic heterocycles. The SMILES string of the molecule is [CH2-][SiH](OC(C)C)OC(C)C.[CH3-].[Mg+2]. The fourth-order valence-corrected chi connectivity index (χ4v) is 1.92. The van der Waals surface area contributed by atoms with E-state index in [-0.39, 0.29) is 42.7 Å². The van der Waals surface area contributed by atoms with Crippen LogP contribution < -0.4 is 0 Å². The maximum Gasteiger partial charge on any atom is 2.00 e. The Bertz CT molecular complexity index is 79.1. The van der Waals surface area contributed by atoms with Crippen molar-refractivity contribution >= 4 is 32.3 Å². The van der Waals surface area contributed by atoms with Gasteiger partial charge in [0.25, 0.3) is 0 Å². The minimum absolute atomic E-state index is 0. The molecule has 0 aromatic rings. The van der Waals surface area contributed by atoms with E-state index in [2.05, 4.69) is 6.55 Å².